The maximum Gasteiger partial charge on any atom is 0.255 e. The van der Waals surface area contributed by atoms with Crippen LogP contribution in [0.15, 0.2) is 65.8 Å². The lowest BCUT2D eigenvalue weighted by Gasteiger charge is -2.29. The van der Waals surface area contributed by atoms with Crippen LogP contribution in [0.5, 0.6) is 5.75 Å². The van der Waals surface area contributed by atoms with Crippen LogP contribution in [0.1, 0.15) is 99.0 Å². The first-order chi connectivity index (χ1) is 26.2. The number of aryl methyl sites for hydroxylation is 2. The van der Waals surface area contributed by atoms with Gasteiger partial charge in [0.2, 0.25) is 11.8 Å². The van der Waals surface area contributed by atoms with E-state index in [2.05, 4.69) is 49.9 Å². The summed E-state index contributed by atoms with van der Waals surface area (Å²) in [5.41, 5.74) is 7.05. The fraction of sp³-hybridized carbons (Fsp3) is 0.293. The molecule has 1 unspecified atom stereocenters. The zero-order chi connectivity index (χ0) is 37.5. The van der Waals surface area contributed by atoms with Gasteiger partial charge in [-0.1, -0.05) is 35.9 Å². The van der Waals surface area contributed by atoms with Gasteiger partial charge in [-0.2, -0.15) is 0 Å². The minimum absolute atomic E-state index is 0.183. The molecular weight excluding hydrogens is 722 g/mol. The minimum Gasteiger partial charge on any atom is -0.493 e. The minimum atomic E-state index is -0.655. The van der Waals surface area contributed by atoms with Crippen molar-refractivity contribution in [3.05, 3.63) is 121 Å². The lowest BCUT2D eigenvalue weighted by Crippen LogP contribution is -2.52. The number of hydrogen-bond acceptors (Lipinski definition) is 9. The smallest absolute Gasteiger partial charge is 0.255 e. The van der Waals surface area contributed by atoms with Crippen LogP contribution in [0.4, 0.5) is 0 Å². The molecule has 0 aliphatic carbocycles. The molecule has 13 heteroatoms. The predicted molar refractivity (Wildman–Crippen MR) is 205 cm³/mol. The molecule has 0 saturated carbocycles. The van der Waals surface area contributed by atoms with Crippen molar-refractivity contribution in [3.8, 4) is 22.6 Å². The highest BCUT2D eigenvalue weighted by Crippen LogP contribution is 2.39. The number of thiophene rings is 1. The molecular formula is C41H36ClN7O4S. The van der Waals surface area contributed by atoms with Crippen molar-refractivity contribution in [1.82, 2.24) is 30.0 Å². The third-order valence-corrected chi connectivity index (χ3v) is 11.5. The van der Waals surface area contributed by atoms with Crippen molar-refractivity contribution in [2.45, 2.75) is 71.5 Å². The average molecular weight is 758 g/mol. The molecule has 0 radical (unpaired) electrons. The quantitative estimate of drug-likeness (QED) is 0.109. The number of hydrogen-bond donors (Lipinski definition) is 1. The number of amides is 3. The first-order valence-electron chi connectivity index (χ1n) is 17.9. The van der Waals surface area contributed by atoms with Crippen molar-refractivity contribution in [2.24, 2.45) is 4.99 Å². The molecule has 272 valence electrons. The van der Waals surface area contributed by atoms with Crippen LogP contribution >= 0.6 is 22.9 Å². The summed E-state index contributed by atoms with van der Waals surface area (Å²) >= 11 is 7.83. The number of unbranched alkanes of at least 4 members (excludes halogenated alkanes) is 1. The summed E-state index contributed by atoms with van der Waals surface area (Å²) in [6.45, 7) is 6.85. The highest BCUT2D eigenvalue weighted by Gasteiger charge is 2.40. The van der Waals surface area contributed by atoms with E-state index in [-0.39, 0.29) is 30.8 Å². The highest BCUT2D eigenvalue weighted by atomic mass is 35.5. The van der Waals surface area contributed by atoms with Crippen molar-refractivity contribution >= 4 is 46.4 Å². The van der Waals surface area contributed by atoms with E-state index in [1.54, 1.807) is 28.4 Å². The van der Waals surface area contributed by atoms with E-state index in [4.69, 9.17) is 21.3 Å². The average Bonchev–Trinajstić information content (AvgIpc) is 3.79. The van der Waals surface area contributed by atoms with E-state index in [0.717, 1.165) is 74.3 Å². The zero-order valence-corrected chi connectivity index (χ0v) is 31.6. The van der Waals surface area contributed by atoms with E-state index in [1.165, 1.54) is 0 Å². The van der Waals surface area contributed by atoms with Crippen LogP contribution in [0.3, 0.4) is 0 Å². The Morgan fingerprint density at radius 1 is 1.02 bits per heavy atom. The maximum absolute atomic E-state index is 13.1. The van der Waals surface area contributed by atoms with Gasteiger partial charge in [0.1, 0.15) is 34.4 Å². The number of rotatable bonds is 8. The highest BCUT2D eigenvalue weighted by molar-refractivity contribution is 7.15. The number of fused-ring (bicyclic) bond motifs is 4. The molecule has 6 heterocycles. The number of halogens is 1. The van der Waals surface area contributed by atoms with Crippen LogP contribution in [0.2, 0.25) is 5.02 Å². The number of aliphatic imine (C=N–C) groups is 1. The molecule has 11 nitrogen and oxygen atoms in total. The molecule has 1 N–H and O–H groups in total. The molecule has 0 bridgehead atoms. The Hall–Kier alpha value is -5.64. The van der Waals surface area contributed by atoms with Crippen LogP contribution in [0, 0.1) is 25.7 Å². The Bertz CT molecular complexity index is 2410. The molecule has 2 aromatic carbocycles. The fourth-order valence-corrected chi connectivity index (χ4v) is 8.51. The second-order valence-electron chi connectivity index (χ2n) is 13.6. The molecule has 3 aliphatic rings. The number of carbonyl (C=O) groups is 3. The normalized spacial score (nSPS) is 17.5. The molecule has 8 rings (SSSR count). The molecule has 3 aromatic heterocycles. The molecule has 1 saturated heterocycles. The van der Waals surface area contributed by atoms with Crippen LogP contribution in [-0.2, 0) is 22.6 Å². The fourth-order valence-electron chi connectivity index (χ4n) is 7.17. The standard InChI is InChI=1S/C41H36ClN7O4S/c1-23-34(54-41-36(23)37(27-11-13-28(42)14-12-27)44-24(2)38-47-46-25(3)49(38)41)18-16-29-15-10-26(21-43-29)7-4-5-20-53-33-9-6-8-30-31(33)22-48(40(30)52)32-17-19-35(50)45-39(32)51/h6,8-15,21,24,32H,4-5,7,17,19-20,22H2,1-3H3,(H,45,50,51)/t24-,32?/m0/s1. The Morgan fingerprint density at radius 3 is 2.63 bits per heavy atom. The van der Waals surface area contributed by atoms with E-state index in [1.807, 2.05) is 56.4 Å². The number of pyridine rings is 1. The maximum atomic E-state index is 13.1. The van der Waals surface area contributed by atoms with Crippen molar-refractivity contribution in [3.63, 3.8) is 0 Å². The van der Waals surface area contributed by atoms with Gasteiger partial charge in [0, 0.05) is 39.9 Å². The number of benzene rings is 2. The van der Waals surface area contributed by atoms with Gasteiger partial charge in [-0.15, -0.1) is 21.5 Å². The van der Waals surface area contributed by atoms with Crippen molar-refractivity contribution < 1.29 is 19.1 Å². The van der Waals surface area contributed by atoms with Crippen LogP contribution < -0.4 is 10.1 Å². The summed E-state index contributed by atoms with van der Waals surface area (Å²) in [5, 5.41) is 12.9. The summed E-state index contributed by atoms with van der Waals surface area (Å²) in [4.78, 5) is 49.4. The van der Waals surface area contributed by atoms with E-state index >= 15 is 0 Å². The van der Waals surface area contributed by atoms with Gasteiger partial charge in [-0.25, -0.2) is 4.98 Å². The number of imide groups is 1. The third kappa shape index (κ3) is 6.70. The molecule has 54 heavy (non-hydrogen) atoms. The summed E-state index contributed by atoms with van der Waals surface area (Å²) in [6.07, 6.45) is 4.96. The molecule has 0 spiro atoms. The molecule has 2 atom stereocenters. The molecule has 3 amide bonds. The van der Waals surface area contributed by atoms with Gasteiger partial charge in [-0.05, 0) is 99.8 Å². The number of nitrogens with zero attached hydrogens (tertiary/aromatic N) is 6. The van der Waals surface area contributed by atoms with E-state index in [9.17, 15) is 14.4 Å². The molecule has 5 aromatic rings. The van der Waals surface area contributed by atoms with Crippen molar-refractivity contribution in [2.75, 3.05) is 6.61 Å². The van der Waals surface area contributed by atoms with E-state index < -0.39 is 11.9 Å². The van der Waals surface area contributed by atoms with Crippen LogP contribution in [-0.4, -0.2) is 60.7 Å². The molecule has 3 aliphatic heterocycles. The number of ether oxygens (including phenoxy) is 1. The predicted octanol–water partition coefficient (Wildman–Crippen LogP) is 6.47. The Kier molecular flexibility index (Phi) is 9.60. The SMILES string of the molecule is Cc1c(C#Cc2ccc(CCCCOc3cccc4c3CN(C3CCC(=O)NC3=O)C4=O)cn2)sc2c1C(c1ccc(Cl)cc1)=N[C@@H](C)c1nnc(C)n1-2. The van der Waals surface area contributed by atoms with Gasteiger partial charge >= 0.3 is 0 Å². The second kappa shape index (κ2) is 14.6. The lowest BCUT2D eigenvalue weighted by atomic mass is 9.99. The van der Waals surface area contributed by atoms with Crippen molar-refractivity contribution in [1.29, 1.82) is 0 Å². The Labute approximate surface area is 321 Å². The van der Waals surface area contributed by atoms with Gasteiger partial charge in [0.15, 0.2) is 5.82 Å². The Morgan fingerprint density at radius 2 is 1.85 bits per heavy atom. The first-order valence-corrected chi connectivity index (χ1v) is 19.1. The largest absolute Gasteiger partial charge is 0.493 e. The van der Waals surface area contributed by atoms with E-state index in [0.29, 0.717) is 35.1 Å². The number of piperidine rings is 1. The summed E-state index contributed by atoms with van der Waals surface area (Å²) in [7, 11) is 0. The van der Waals surface area contributed by atoms with Gasteiger partial charge in [0.25, 0.3) is 5.91 Å². The summed E-state index contributed by atoms with van der Waals surface area (Å²) < 4.78 is 8.23. The lowest BCUT2D eigenvalue weighted by molar-refractivity contribution is -0.136. The summed E-state index contributed by atoms with van der Waals surface area (Å²) in [6, 6.07) is 16.3. The van der Waals surface area contributed by atoms with Gasteiger partial charge in [-0.3, -0.25) is 29.3 Å². The summed E-state index contributed by atoms with van der Waals surface area (Å²) in [5.74, 6) is 7.96. The van der Waals surface area contributed by atoms with Gasteiger partial charge in [0.05, 0.1) is 23.7 Å². The monoisotopic (exact) mass is 757 g/mol. The number of carbonyl (C=O) groups excluding carboxylic acids is 3. The first kappa shape index (κ1) is 35.4. The topological polar surface area (TPSA) is 132 Å². The number of aromatic nitrogens is 4. The van der Waals surface area contributed by atoms with Gasteiger partial charge < -0.3 is 9.64 Å². The number of nitrogens with one attached hydrogen (secondary N) is 1. The van der Waals surface area contributed by atoms with Crippen LogP contribution in [0.25, 0.3) is 5.00 Å². The third-order valence-electron chi connectivity index (χ3n) is 10.0. The Balaban J connectivity index is 0.905. The second-order valence-corrected chi connectivity index (χ2v) is 15.1. The zero-order valence-electron chi connectivity index (χ0n) is 30.0. The molecule has 1 fully saturated rings.